The van der Waals surface area contributed by atoms with Crippen LogP contribution in [-0.2, 0) is 4.74 Å². The number of piperidine rings is 1. The van der Waals surface area contributed by atoms with Gasteiger partial charge in [-0.15, -0.1) is 0 Å². The molecule has 1 saturated heterocycles. The number of ether oxygens (including phenoxy) is 1. The minimum absolute atomic E-state index is 0.203. The zero-order valence-electron chi connectivity index (χ0n) is 12.6. The molecule has 0 amide bonds. The summed E-state index contributed by atoms with van der Waals surface area (Å²) in [5.74, 6) is 1.60. The fourth-order valence-electron chi connectivity index (χ4n) is 2.83. The van der Waals surface area contributed by atoms with Crippen molar-refractivity contribution in [2.45, 2.75) is 59.2 Å². The number of likely N-dealkylation sites (tertiary alicyclic amines) is 1. The van der Waals surface area contributed by atoms with E-state index in [9.17, 15) is 5.11 Å². The Labute approximate surface area is 113 Å². The molecule has 1 aliphatic heterocycles. The lowest BCUT2D eigenvalue weighted by molar-refractivity contribution is -0.0141. The summed E-state index contributed by atoms with van der Waals surface area (Å²) in [6.45, 7) is 12.1. The van der Waals surface area contributed by atoms with Crippen molar-refractivity contribution in [3.63, 3.8) is 0 Å². The van der Waals surface area contributed by atoms with Crippen LogP contribution in [0, 0.1) is 11.8 Å². The first-order valence-electron chi connectivity index (χ1n) is 7.49. The SMILES string of the molecule is CC(C)CC1CCCN(CC(O)COC(C)C)C1. The maximum atomic E-state index is 9.95. The minimum atomic E-state index is -0.342. The molecule has 108 valence electrons. The number of hydrogen-bond donors (Lipinski definition) is 1. The predicted octanol–water partition coefficient (Wildman–Crippen LogP) is 2.53. The van der Waals surface area contributed by atoms with E-state index in [0.717, 1.165) is 31.5 Å². The third kappa shape index (κ3) is 6.72. The standard InChI is InChI=1S/C15H31NO2/c1-12(2)8-14-6-5-7-16(9-14)10-15(17)11-18-13(3)4/h12-15,17H,5-11H2,1-4H3. The summed E-state index contributed by atoms with van der Waals surface area (Å²) < 4.78 is 5.46. The molecule has 2 unspecified atom stereocenters. The van der Waals surface area contributed by atoms with Gasteiger partial charge in [-0.1, -0.05) is 13.8 Å². The molecule has 0 saturated carbocycles. The Morgan fingerprint density at radius 2 is 2.00 bits per heavy atom. The van der Waals surface area contributed by atoms with Crippen LogP contribution in [0.15, 0.2) is 0 Å². The number of nitrogens with zero attached hydrogens (tertiary/aromatic N) is 1. The smallest absolute Gasteiger partial charge is 0.0900 e. The van der Waals surface area contributed by atoms with E-state index in [1.54, 1.807) is 0 Å². The van der Waals surface area contributed by atoms with E-state index in [4.69, 9.17) is 4.74 Å². The molecule has 0 aromatic heterocycles. The van der Waals surface area contributed by atoms with Crippen molar-refractivity contribution in [3.05, 3.63) is 0 Å². The second-order valence-electron chi connectivity index (χ2n) is 6.43. The molecule has 0 bridgehead atoms. The summed E-state index contributed by atoms with van der Waals surface area (Å²) in [5.41, 5.74) is 0. The van der Waals surface area contributed by atoms with E-state index in [-0.39, 0.29) is 12.2 Å². The van der Waals surface area contributed by atoms with Gasteiger partial charge in [0.05, 0.1) is 18.8 Å². The summed E-state index contributed by atoms with van der Waals surface area (Å²) in [6.07, 6.45) is 3.80. The molecule has 3 heteroatoms. The van der Waals surface area contributed by atoms with Gasteiger partial charge in [0.25, 0.3) is 0 Å². The molecule has 1 fully saturated rings. The molecule has 1 heterocycles. The van der Waals surface area contributed by atoms with Gasteiger partial charge in [-0.3, -0.25) is 0 Å². The van der Waals surface area contributed by atoms with Crippen LogP contribution in [0.4, 0.5) is 0 Å². The second kappa shape index (κ2) is 8.13. The molecule has 1 aliphatic rings. The van der Waals surface area contributed by atoms with Crippen LogP contribution in [0.2, 0.25) is 0 Å². The first-order chi connectivity index (χ1) is 8.47. The van der Waals surface area contributed by atoms with Crippen LogP contribution < -0.4 is 0 Å². The van der Waals surface area contributed by atoms with Gasteiger partial charge in [0.2, 0.25) is 0 Å². The molecule has 0 aromatic rings. The predicted molar refractivity (Wildman–Crippen MR) is 75.7 cm³/mol. The van der Waals surface area contributed by atoms with E-state index in [2.05, 4.69) is 18.7 Å². The number of β-amino-alcohol motifs (C(OH)–C–C–N with tert-alkyl or cyclic N) is 1. The molecule has 3 nitrogen and oxygen atoms in total. The lowest BCUT2D eigenvalue weighted by Gasteiger charge is -2.34. The maximum Gasteiger partial charge on any atom is 0.0900 e. The molecule has 18 heavy (non-hydrogen) atoms. The van der Waals surface area contributed by atoms with Crippen LogP contribution in [0.1, 0.15) is 47.0 Å². The Balaban J connectivity index is 2.24. The molecular weight excluding hydrogens is 226 g/mol. The summed E-state index contributed by atoms with van der Waals surface area (Å²) in [6, 6.07) is 0. The first-order valence-corrected chi connectivity index (χ1v) is 7.49. The first kappa shape index (κ1) is 15.9. The summed E-state index contributed by atoms with van der Waals surface area (Å²) >= 11 is 0. The number of rotatable bonds is 7. The quantitative estimate of drug-likeness (QED) is 0.761. The van der Waals surface area contributed by atoms with Gasteiger partial charge < -0.3 is 14.7 Å². The highest BCUT2D eigenvalue weighted by Crippen LogP contribution is 2.23. The third-order valence-electron chi connectivity index (χ3n) is 3.50. The van der Waals surface area contributed by atoms with Crippen molar-refractivity contribution < 1.29 is 9.84 Å². The molecule has 0 aromatic carbocycles. The number of aliphatic hydroxyl groups excluding tert-OH is 1. The topological polar surface area (TPSA) is 32.7 Å². The molecular formula is C15H31NO2. The number of aliphatic hydroxyl groups is 1. The summed E-state index contributed by atoms with van der Waals surface area (Å²) in [4.78, 5) is 2.41. The maximum absolute atomic E-state index is 9.95. The molecule has 2 atom stereocenters. The van der Waals surface area contributed by atoms with Gasteiger partial charge in [-0.25, -0.2) is 0 Å². The van der Waals surface area contributed by atoms with Gasteiger partial charge in [-0.2, -0.15) is 0 Å². The number of hydrogen-bond acceptors (Lipinski definition) is 3. The second-order valence-corrected chi connectivity index (χ2v) is 6.43. The minimum Gasteiger partial charge on any atom is -0.389 e. The third-order valence-corrected chi connectivity index (χ3v) is 3.50. The van der Waals surface area contributed by atoms with Gasteiger partial charge in [0.15, 0.2) is 0 Å². The average Bonchev–Trinajstić information content (AvgIpc) is 2.26. The van der Waals surface area contributed by atoms with Crippen LogP contribution >= 0.6 is 0 Å². The monoisotopic (exact) mass is 257 g/mol. The normalized spacial score (nSPS) is 23.8. The van der Waals surface area contributed by atoms with E-state index >= 15 is 0 Å². The van der Waals surface area contributed by atoms with E-state index in [1.165, 1.54) is 19.3 Å². The molecule has 0 radical (unpaired) electrons. The highest BCUT2D eigenvalue weighted by Gasteiger charge is 2.22. The van der Waals surface area contributed by atoms with E-state index < -0.39 is 0 Å². The Bertz CT molecular complexity index is 219. The fourth-order valence-corrected chi connectivity index (χ4v) is 2.83. The lowest BCUT2D eigenvalue weighted by atomic mass is 9.89. The Hall–Kier alpha value is -0.120. The van der Waals surface area contributed by atoms with Gasteiger partial charge in [0, 0.05) is 13.1 Å². The average molecular weight is 257 g/mol. The van der Waals surface area contributed by atoms with Crippen molar-refractivity contribution in [3.8, 4) is 0 Å². The van der Waals surface area contributed by atoms with Crippen LogP contribution in [0.5, 0.6) is 0 Å². The van der Waals surface area contributed by atoms with Gasteiger partial charge >= 0.3 is 0 Å². The Kier molecular flexibility index (Phi) is 7.20. The van der Waals surface area contributed by atoms with Crippen LogP contribution in [-0.4, -0.2) is 48.5 Å². The van der Waals surface area contributed by atoms with Crippen molar-refractivity contribution >= 4 is 0 Å². The fraction of sp³-hybridized carbons (Fsp3) is 1.00. The summed E-state index contributed by atoms with van der Waals surface area (Å²) in [7, 11) is 0. The van der Waals surface area contributed by atoms with Crippen LogP contribution in [0.25, 0.3) is 0 Å². The Morgan fingerprint density at radius 3 is 2.61 bits per heavy atom. The van der Waals surface area contributed by atoms with E-state index in [0.29, 0.717) is 6.61 Å². The van der Waals surface area contributed by atoms with Crippen molar-refractivity contribution in [1.29, 1.82) is 0 Å². The van der Waals surface area contributed by atoms with Crippen molar-refractivity contribution in [2.75, 3.05) is 26.2 Å². The van der Waals surface area contributed by atoms with Crippen molar-refractivity contribution in [2.24, 2.45) is 11.8 Å². The van der Waals surface area contributed by atoms with E-state index in [1.807, 2.05) is 13.8 Å². The zero-order chi connectivity index (χ0) is 13.5. The summed E-state index contributed by atoms with van der Waals surface area (Å²) in [5, 5.41) is 9.95. The van der Waals surface area contributed by atoms with Gasteiger partial charge in [0.1, 0.15) is 0 Å². The molecule has 0 spiro atoms. The molecule has 0 aliphatic carbocycles. The zero-order valence-corrected chi connectivity index (χ0v) is 12.6. The highest BCUT2D eigenvalue weighted by atomic mass is 16.5. The van der Waals surface area contributed by atoms with Crippen LogP contribution in [0.3, 0.4) is 0 Å². The van der Waals surface area contributed by atoms with Gasteiger partial charge in [-0.05, 0) is 51.5 Å². The lowest BCUT2D eigenvalue weighted by Crippen LogP contribution is -2.41. The molecule has 1 rings (SSSR count). The van der Waals surface area contributed by atoms with Crippen molar-refractivity contribution in [1.82, 2.24) is 4.90 Å². The largest absolute Gasteiger partial charge is 0.389 e. The Morgan fingerprint density at radius 1 is 1.28 bits per heavy atom. The highest BCUT2D eigenvalue weighted by molar-refractivity contribution is 4.75. The molecule has 1 N–H and O–H groups in total.